The van der Waals surface area contributed by atoms with Crippen LogP contribution in [0.4, 0.5) is 11.5 Å². The van der Waals surface area contributed by atoms with Crippen LogP contribution in [0.2, 0.25) is 0 Å². The minimum atomic E-state index is 0.162. The van der Waals surface area contributed by atoms with Gasteiger partial charge in [0.2, 0.25) is 0 Å². The standard InChI is InChI=1S/C24H27N7O2/c1-3-19(4-2-17(1)29-23-16-25-15-22-27-7-8-31(22)23)33-21-14-18(30-9-11-32-12-10-30)13-20-24(21)28-6-5-26-20/h5-8,13-17,19,29H,1-4,9-12H2/t17-,19+. The van der Waals surface area contributed by atoms with Crippen molar-refractivity contribution in [2.75, 3.05) is 36.5 Å². The molecule has 2 fully saturated rings. The van der Waals surface area contributed by atoms with Gasteiger partial charge in [0.15, 0.2) is 5.65 Å². The number of benzene rings is 1. The second-order valence-electron chi connectivity index (χ2n) is 8.65. The number of fused-ring (bicyclic) bond motifs is 2. The van der Waals surface area contributed by atoms with Crippen LogP contribution >= 0.6 is 0 Å². The summed E-state index contributed by atoms with van der Waals surface area (Å²) in [5, 5.41) is 3.64. The van der Waals surface area contributed by atoms with Gasteiger partial charge in [0, 0.05) is 55.7 Å². The average molecular weight is 446 g/mol. The van der Waals surface area contributed by atoms with Gasteiger partial charge < -0.3 is 19.7 Å². The molecule has 1 aromatic carbocycles. The summed E-state index contributed by atoms with van der Waals surface area (Å²) in [5.41, 5.74) is 3.67. The Bertz CT molecular complexity index is 1250. The van der Waals surface area contributed by atoms with Crippen LogP contribution < -0.4 is 15.0 Å². The summed E-state index contributed by atoms with van der Waals surface area (Å²) in [5.74, 6) is 1.81. The van der Waals surface area contributed by atoms with E-state index in [-0.39, 0.29) is 6.10 Å². The lowest BCUT2D eigenvalue weighted by Crippen LogP contribution is -2.36. The molecule has 6 rings (SSSR count). The van der Waals surface area contributed by atoms with Gasteiger partial charge in [-0.2, -0.15) is 0 Å². The van der Waals surface area contributed by atoms with Gasteiger partial charge in [0.05, 0.1) is 37.2 Å². The number of nitrogens with one attached hydrogen (secondary N) is 1. The lowest BCUT2D eigenvalue weighted by atomic mass is 9.93. The predicted molar refractivity (Wildman–Crippen MR) is 126 cm³/mol. The fourth-order valence-corrected chi connectivity index (χ4v) is 4.79. The number of ether oxygens (including phenoxy) is 2. The molecule has 4 heterocycles. The van der Waals surface area contributed by atoms with Gasteiger partial charge in [-0.25, -0.2) is 9.97 Å². The summed E-state index contributed by atoms with van der Waals surface area (Å²) in [4.78, 5) is 20.1. The molecule has 9 heteroatoms. The summed E-state index contributed by atoms with van der Waals surface area (Å²) >= 11 is 0. The lowest BCUT2D eigenvalue weighted by molar-refractivity contribution is 0.122. The first-order chi connectivity index (χ1) is 16.3. The minimum absolute atomic E-state index is 0.162. The second kappa shape index (κ2) is 8.82. The molecule has 9 nitrogen and oxygen atoms in total. The minimum Gasteiger partial charge on any atom is -0.488 e. The summed E-state index contributed by atoms with van der Waals surface area (Å²) in [7, 11) is 0. The molecule has 3 aromatic heterocycles. The molecule has 0 bridgehead atoms. The Morgan fingerprint density at radius 2 is 1.79 bits per heavy atom. The number of nitrogens with zero attached hydrogens (tertiary/aromatic N) is 6. The molecule has 0 spiro atoms. The molecule has 1 saturated carbocycles. The predicted octanol–water partition coefficient (Wildman–Crippen LogP) is 3.31. The third-order valence-electron chi connectivity index (χ3n) is 6.54. The molecule has 0 atom stereocenters. The van der Waals surface area contributed by atoms with Crippen molar-refractivity contribution in [3.8, 4) is 5.75 Å². The third-order valence-corrected chi connectivity index (χ3v) is 6.54. The molecule has 1 saturated heterocycles. The van der Waals surface area contributed by atoms with Gasteiger partial charge in [-0.1, -0.05) is 0 Å². The highest BCUT2D eigenvalue weighted by atomic mass is 16.5. The maximum Gasteiger partial charge on any atom is 0.156 e. The fraction of sp³-hybridized carbons (Fsp3) is 0.417. The Morgan fingerprint density at radius 3 is 2.67 bits per heavy atom. The number of anilines is 2. The van der Waals surface area contributed by atoms with E-state index >= 15 is 0 Å². The number of hydrogen-bond acceptors (Lipinski definition) is 8. The van der Waals surface area contributed by atoms with Crippen molar-refractivity contribution in [1.82, 2.24) is 24.3 Å². The van der Waals surface area contributed by atoms with E-state index in [1.165, 1.54) is 0 Å². The Morgan fingerprint density at radius 1 is 0.939 bits per heavy atom. The van der Waals surface area contributed by atoms with E-state index in [0.717, 1.165) is 85.9 Å². The van der Waals surface area contributed by atoms with Gasteiger partial charge in [-0.15, -0.1) is 0 Å². The highest BCUT2D eigenvalue weighted by Crippen LogP contribution is 2.33. The van der Waals surface area contributed by atoms with Crippen LogP contribution in [0.1, 0.15) is 25.7 Å². The van der Waals surface area contributed by atoms with Gasteiger partial charge in [-0.3, -0.25) is 14.4 Å². The smallest absolute Gasteiger partial charge is 0.156 e. The van der Waals surface area contributed by atoms with Crippen molar-refractivity contribution in [2.45, 2.75) is 37.8 Å². The quantitative estimate of drug-likeness (QED) is 0.500. The van der Waals surface area contributed by atoms with Crippen LogP contribution in [0.25, 0.3) is 16.7 Å². The van der Waals surface area contributed by atoms with Crippen LogP contribution in [0, 0.1) is 0 Å². The topological polar surface area (TPSA) is 89.7 Å². The molecule has 0 radical (unpaired) electrons. The Labute approximate surface area is 191 Å². The monoisotopic (exact) mass is 445 g/mol. The molecule has 2 aliphatic rings. The molecule has 4 aromatic rings. The van der Waals surface area contributed by atoms with E-state index in [4.69, 9.17) is 9.47 Å². The highest BCUT2D eigenvalue weighted by Gasteiger charge is 2.24. The lowest BCUT2D eigenvalue weighted by Gasteiger charge is -2.31. The van der Waals surface area contributed by atoms with E-state index in [1.807, 2.05) is 16.8 Å². The zero-order valence-corrected chi connectivity index (χ0v) is 18.4. The van der Waals surface area contributed by atoms with Gasteiger partial charge in [0.1, 0.15) is 17.1 Å². The molecule has 170 valence electrons. The van der Waals surface area contributed by atoms with Crippen LogP contribution in [0.3, 0.4) is 0 Å². The van der Waals surface area contributed by atoms with Gasteiger partial charge in [-0.05, 0) is 31.7 Å². The normalized spacial score (nSPS) is 21.4. The SMILES string of the molecule is c1cnc2c(O[C@H]3CC[C@@H](Nc4cncc5nccn45)CC3)cc(N3CCOCC3)cc2n1. The second-order valence-corrected chi connectivity index (χ2v) is 8.65. The summed E-state index contributed by atoms with van der Waals surface area (Å²) < 4.78 is 14.1. The summed E-state index contributed by atoms with van der Waals surface area (Å²) in [6, 6.07) is 4.61. The van der Waals surface area contributed by atoms with Crippen molar-refractivity contribution in [3.63, 3.8) is 0 Å². The van der Waals surface area contributed by atoms with E-state index in [2.05, 4.69) is 42.3 Å². The molecule has 33 heavy (non-hydrogen) atoms. The molecule has 0 amide bonds. The van der Waals surface area contributed by atoms with E-state index in [0.29, 0.717) is 6.04 Å². The zero-order chi connectivity index (χ0) is 22.0. The Kier molecular flexibility index (Phi) is 5.39. The Balaban J connectivity index is 1.16. The third kappa shape index (κ3) is 4.16. The van der Waals surface area contributed by atoms with Gasteiger partial charge >= 0.3 is 0 Å². The first kappa shape index (κ1) is 20.2. The first-order valence-corrected chi connectivity index (χ1v) is 11.6. The summed E-state index contributed by atoms with van der Waals surface area (Å²) in [6.07, 6.45) is 15.0. The number of rotatable bonds is 5. The molecule has 1 aliphatic heterocycles. The van der Waals surface area contributed by atoms with E-state index < -0.39 is 0 Å². The number of aromatic nitrogens is 5. The van der Waals surface area contributed by atoms with Crippen molar-refractivity contribution in [1.29, 1.82) is 0 Å². The van der Waals surface area contributed by atoms with Crippen LogP contribution in [-0.2, 0) is 4.74 Å². The first-order valence-electron chi connectivity index (χ1n) is 11.6. The number of hydrogen-bond donors (Lipinski definition) is 1. The van der Waals surface area contributed by atoms with E-state index in [1.54, 1.807) is 24.8 Å². The molecular weight excluding hydrogens is 418 g/mol. The zero-order valence-electron chi connectivity index (χ0n) is 18.4. The van der Waals surface area contributed by atoms with Crippen molar-refractivity contribution < 1.29 is 9.47 Å². The van der Waals surface area contributed by atoms with Crippen molar-refractivity contribution in [2.24, 2.45) is 0 Å². The number of imidazole rings is 1. The van der Waals surface area contributed by atoms with E-state index in [9.17, 15) is 0 Å². The molecule has 1 N–H and O–H groups in total. The maximum absolute atomic E-state index is 6.54. The molecule has 1 aliphatic carbocycles. The molecular formula is C24H27N7O2. The van der Waals surface area contributed by atoms with Crippen molar-refractivity contribution in [3.05, 3.63) is 49.3 Å². The van der Waals surface area contributed by atoms with Crippen LogP contribution in [0.15, 0.2) is 49.3 Å². The largest absolute Gasteiger partial charge is 0.488 e. The highest BCUT2D eigenvalue weighted by molar-refractivity contribution is 5.85. The summed E-state index contributed by atoms with van der Waals surface area (Å²) in [6.45, 7) is 3.24. The maximum atomic E-state index is 6.54. The van der Waals surface area contributed by atoms with Crippen LogP contribution in [-0.4, -0.2) is 62.8 Å². The van der Waals surface area contributed by atoms with Gasteiger partial charge in [0.25, 0.3) is 0 Å². The number of morpholine rings is 1. The average Bonchev–Trinajstić information content (AvgIpc) is 3.36. The Hall–Kier alpha value is -3.46. The fourth-order valence-electron chi connectivity index (χ4n) is 4.79. The molecule has 0 unspecified atom stereocenters. The van der Waals surface area contributed by atoms with Crippen molar-refractivity contribution >= 4 is 28.2 Å². The van der Waals surface area contributed by atoms with Crippen LogP contribution in [0.5, 0.6) is 5.75 Å².